The first-order chi connectivity index (χ1) is 0. The molecule has 0 aliphatic heterocycles. The fourth-order valence-electron chi connectivity index (χ4n) is 0. The van der Waals surface area contributed by atoms with Gasteiger partial charge in [0.25, 0.3) is 0 Å². The van der Waals surface area contributed by atoms with Crippen molar-refractivity contribution >= 4 is 0 Å². The van der Waals surface area contributed by atoms with Crippen LogP contribution in [0.5, 0.6) is 0 Å². The van der Waals surface area contributed by atoms with Crippen molar-refractivity contribution in [1.29, 1.82) is 0 Å². The molecule has 2 heteroatoms. The summed E-state index contributed by atoms with van der Waals surface area (Å²) in [6.45, 7) is 0. The van der Waals surface area contributed by atoms with Crippen LogP contribution in [0.15, 0.2) is 0 Å². The van der Waals surface area contributed by atoms with Gasteiger partial charge in [0.2, 0.25) is 0 Å². The van der Waals surface area contributed by atoms with Gasteiger partial charge in [0, 0.05) is 32.7 Å². The zero-order valence-corrected chi connectivity index (χ0v) is 8.76. The Bertz CT molecular complexity index is 6.85. The van der Waals surface area contributed by atoms with Gasteiger partial charge in [-0.1, -0.05) is 7.43 Å². The molecule has 0 saturated heterocycles. The average molecular weight is 319 g/mol. The molecule has 0 aromatic carbocycles. The SMILES string of the molecule is C.[CH3-].[CH3-].[W+2].[Y]. The number of rotatable bonds is 0. The van der Waals surface area contributed by atoms with Crippen LogP contribution in [-0.2, 0) is 53.8 Å². The molecule has 0 aliphatic carbocycles. The Hall–Kier alpha value is 1.79. The van der Waals surface area contributed by atoms with E-state index in [0.717, 1.165) is 0 Å². The summed E-state index contributed by atoms with van der Waals surface area (Å²) < 4.78 is 0. The number of hydrogen-bond acceptors (Lipinski definition) is 0. The normalized spacial score (nSPS) is 0. The summed E-state index contributed by atoms with van der Waals surface area (Å²) in [5, 5.41) is 0. The maximum Gasteiger partial charge on any atom is 2.00 e. The molecule has 0 amide bonds. The van der Waals surface area contributed by atoms with Crippen molar-refractivity contribution in [1.82, 2.24) is 0 Å². The van der Waals surface area contributed by atoms with Crippen molar-refractivity contribution in [3.05, 3.63) is 14.9 Å². The van der Waals surface area contributed by atoms with E-state index in [1.54, 1.807) is 0 Å². The molecule has 0 nitrogen and oxygen atoms in total. The van der Waals surface area contributed by atoms with Crippen LogP contribution in [0, 0.1) is 14.9 Å². The predicted octanol–water partition coefficient (Wildman–Crippen LogP) is 1.53. The van der Waals surface area contributed by atoms with Crippen LogP contribution < -0.4 is 0 Å². The Balaban J connectivity index is 0. The quantitative estimate of drug-likeness (QED) is 0.594. The van der Waals surface area contributed by atoms with Crippen molar-refractivity contribution in [3.63, 3.8) is 0 Å². The minimum atomic E-state index is 0. The Kier molecular flexibility index (Phi) is 588. The molecular weight excluding hydrogens is 309 g/mol. The summed E-state index contributed by atoms with van der Waals surface area (Å²) in [4.78, 5) is 0. The maximum absolute atomic E-state index is 0. The minimum Gasteiger partial charge on any atom is -0.358 e. The molecule has 0 aliphatic rings. The third-order valence-electron chi connectivity index (χ3n) is 0. The molecule has 1 radical (unpaired) electrons. The summed E-state index contributed by atoms with van der Waals surface area (Å²) >= 11 is 0. The van der Waals surface area contributed by atoms with Crippen LogP contribution in [0.25, 0.3) is 0 Å². The van der Waals surface area contributed by atoms with E-state index >= 15 is 0 Å². The van der Waals surface area contributed by atoms with Gasteiger partial charge in [-0.25, -0.2) is 0 Å². The van der Waals surface area contributed by atoms with Gasteiger partial charge in [0.15, 0.2) is 0 Å². The molecule has 0 N–H and O–H groups in total. The molecule has 0 spiro atoms. The second-order valence-corrected chi connectivity index (χ2v) is 0. The van der Waals surface area contributed by atoms with Crippen molar-refractivity contribution in [2.24, 2.45) is 0 Å². The van der Waals surface area contributed by atoms with Crippen molar-refractivity contribution in [2.45, 2.75) is 7.43 Å². The Labute approximate surface area is 75.3 Å². The molecule has 0 heterocycles. The van der Waals surface area contributed by atoms with Crippen molar-refractivity contribution in [2.75, 3.05) is 0 Å². The average Bonchev–Trinajstić information content (AvgIpc) is 0. The number of hydrogen-bond donors (Lipinski definition) is 0. The van der Waals surface area contributed by atoms with Gasteiger partial charge in [0.1, 0.15) is 0 Å². The zero-order chi connectivity index (χ0) is 0. The summed E-state index contributed by atoms with van der Waals surface area (Å²) in [5.74, 6) is 0. The van der Waals surface area contributed by atoms with E-state index in [9.17, 15) is 0 Å². The van der Waals surface area contributed by atoms with Crippen LogP contribution in [0.4, 0.5) is 0 Å². The van der Waals surface area contributed by atoms with E-state index in [0.29, 0.717) is 0 Å². The Morgan fingerprint density at radius 3 is 0.800 bits per heavy atom. The molecule has 0 rings (SSSR count). The Morgan fingerprint density at radius 1 is 0.800 bits per heavy atom. The van der Waals surface area contributed by atoms with E-state index in [2.05, 4.69) is 0 Å². The van der Waals surface area contributed by atoms with Crippen LogP contribution in [0.2, 0.25) is 0 Å². The van der Waals surface area contributed by atoms with E-state index in [1.807, 2.05) is 0 Å². The molecule has 0 fully saturated rings. The zero-order valence-electron chi connectivity index (χ0n) is 2.99. The molecule has 0 aromatic heterocycles. The molecule has 0 atom stereocenters. The van der Waals surface area contributed by atoms with E-state index in [4.69, 9.17) is 0 Å². The summed E-state index contributed by atoms with van der Waals surface area (Å²) in [5.41, 5.74) is 0. The van der Waals surface area contributed by atoms with E-state index in [1.165, 1.54) is 0 Å². The summed E-state index contributed by atoms with van der Waals surface area (Å²) in [6.07, 6.45) is 0. The molecule has 0 unspecified atom stereocenters. The standard InChI is InChI=1S/CH4.2CH3.W.Y/h1H4;2*1H3;;/q;2*-1;+2;. The van der Waals surface area contributed by atoms with Gasteiger partial charge in [0.05, 0.1) is 0 Å². The van der Waals surface area contributed by atoms with E-state index < -0.39 is 0 Å². The van der Waals surface area contributed by atoms with Crippen molar-refractivity contribution in [3.8, 4) is 0 Å². The maximum atomic E-state index is 0. The van der Waals surface area contributed by atoms with Gasteiger partial charge >= 0.3 is 21.1 Å². The van der Waals surface area contributed by atoms with Crippen LogP contribution in [-0.4, -0.2) is 0 Å². The smallest absolute Gasteiger partial charge is 0.358 e. The fraction of sp³-hybridized carbons (Fsp3) is 0.333. The first-order valence-corrected chi connectivity index (χ1v) is 0. The second kappa shape index (κ2) is 41.4. The monoisotopic (exact) mass is 319 g/mol. The van der Waals surface area contributed by atoms with Gasteiger partial charge in [-0.05, 0) is 0 Å². The molecule has 0 bridgehead atoms. The van der Waals surface area contributed by atoms with E-state index in [-0.39, 0.29) is 76.1 Å². The van der Waals surface area contributed by atoms with Crippen molar-refractivity contribution < 1.29 is 53.8 Å². The first-order valence-electron chi connectivity index (χ1n) is 0. The van der Waals surface area contributed by atoms with Gasteiger partial charge in [-0.3, -0.25) is 0 Å². The first kappa shape index (κ1) is 70.9. The van der Waals surface area contributed by atoms with Crippen LogP contribution >= 0.6 is 0 Å². The molecule has 5 heavy (non-hydrogen) atoms. The topological polar surface area (TPSA) is 0 Å². The van der Waals surface area contributed by atoms with Gasteiger partial charge < -0.3 is 14.9 Å². The van der Waals surface area contributed by atoms with Gasteiger partial charge in [-0.2, -0.15) is 0 Å². The third kappa shape index (κ3) is 25.9. The molecular formula is C3H10WY. The van der Waals surface area contributed by atoms with Crippen LogP contribution in [0.3, 0.4) is 0 Å². The molecule has 0 aromatic rings. The summed E-state index contributed by atoms with van der Waals surface area (Å²) in [7, 11) is 0. The van der Waals surface area contributed by atoms with Crippen LogP contribution in [0.1, 0.15) is 7.43 Å². The predicted molar refractivity (Wildman–Crippen MR) is 19.6 cm³/mol. The fourth-order valence-corrected chi connectivity index (χ4v) is 0. The largest absolute Gasteiger partial charge is 2.00 e. The second-order valence-electron chi connectivity index (χ2n) is 0. The molecule has 31 valence electrons. The minimum absolute atomic E-state index is 0. The molecule has 0 saturated carbocycles. The van der Waals surface area contributed by atoms with Gasteiger partial charge in [-0.15, -0.1) is 0 Å². The third-order valence-corrected chi connectivity index (χ3v) is 0. The summed E-state index contributed by atoms with van der Waals surface area (Å²) in [6, 6.07) is 0. The Morgan fingerprint density at radius 2 is 0.800 bits per heavy atom.